The number of nitrogens with one attached hydrogen (secondary N) is 1. The molecule has 0 saturated carbocycles. The molecule has 3 rings (SSSR count). The number of rotatable bonds is 11. The monoisotopic (exact) mass is 609 g/mol. The maximum Gasteiger partial charge on any atom is 0.416 e. The summed E-state index contributed by atoms with van der Waals surface area (Å²) in [6.45, 7) is 4.28. The summed E-state index contributed by atoms with van der Waals surface area (Å²) in [6.07, 6.45) is -4.60. The second-order valence-corrected chi connectivity index (χ2v) is 11.9. The maximum absolute atomic E-state index is 14.0. The Balaban J connectivity index is 2.15. The molecule has 12 heteroatoms. The summed E-state index contributed by atoms with van der Waals surface area (Å²) in [5.41, 5.74) is -0.981. The highest BCUT2D eigenvalue weighted by Crippen LogP contribution is 2.37. The van der Waals surface area contributed by atoms with Gasteiger partial charge < -0.3 is 10.2 Å². The van der Waals surface area contributed by atoms with E-state index in [1.54, 1.807) is 57.2 Å². The molecule has 1 atom stereocenters. The number of hydrogen-bond acceptors (Lipinski definition) is 4. The van der Waals surface area contributed by atoms with Crippen LogP contribution in [0.5, 0.6) is 0 Å². The predicted octanol–water partition coefficient (Wildman–Crippen LogP) is 5.89. The summed E-state index contributed by atoms with van der Waals surface area (Å²) in [4.78, 5) is 28.1. The van der Waals surface area contributed by atoms with E-state index in [9.17, 15) is 31.2 Å². The van der Waals surface area contributed by atoms with E-state index in [-0.39, 0.29) is 28.9 Å². The van der Waals surface area contributed by atoms with Crippen LogP contribution in [0.4, 0.5) is 18.9 Å². The molecule has 0 heterocycles. The van der Waals surface area contributed by atoms with Crippen molar-refractivity contribution in [3.63, 3.8) is 0 Å². The van der Waals surface area contributed by atoms with Crippen LogP contribution >= 0.6 is 11.6 Å². The van der Waals surface area contributed by atoms with Gasteiger partial charge in [-0.2, -0.15) is 13.2 Å². The molecule has 3 aromatic carbocycles. The van der Waals surface area contributed by atoms with E-state index in [0.717, 1.165) is 12.1 Å². The smallest absolute Gasteiger partial charge is 0.352 e. The number of nitrogens with zero attached hydrogens (tertiary/aromatic N) is 2. The lowest BCUT2D eigenvalue weighted by Gasteiger charge is -2.34. The van der Waals surface area contributed by atoms with Gasteiger partial charge >= 0.3 is 6.18 Å². The van der Waals surface area contributed by atoms with E-state index in [4.69, 9.17) is 11.6 Å². The van der Waals surface area contributed by atoms with Crippen LogP contribution in [0.1, 0.15) is 38.3 Å². The fraction of sp³-hybridized carbons (Fsp3) is 0.310. The fourth-order valence-electron chi connectivity index (χ4n) is 4.19. The van der Waals surface area contributed by atoms with Crippen LogP contribution in [0, 0.1) is 0 Å². The van der Waals surface area contributed by atoms with Crippen molar-refractivity contribution in [3.05, 3.63) is 95.0 Å². The van der Waals surface area contributed by atoms with Gasteiger partial charge in [0.1, 0.15) is 12.6 Å². The van der Waals surface area contributed by atoms with Gasteiger partial charge in [0.2, 0.25) is 11.8 Å². The molecule has 0 aromatic heterocycles. The third kappa shape index (κ3) is 8.01. The topological polar surface area (TPSA) is 86.8 Å². The molecule has 0 aliphatic heterocycles. The molecule has 0 bridgehead atoms. The SMILES string of the molecule is CC[C@@H](C(=O)NC(C)C)N(Cc1ccccc1)C(=O)CN(c1cc(C(F)(F)F)ccc1Cl)S(=O)(=O)c1ccccc1. The van der Waals surface area contributed by atoms with Crippen LogP contribution in [0.2, 0.25) is 5.02 Å². The molecule has 0 radical (unpaired) electrons. The fourth-order valence-corrected chi connectivity index (χ4v) is 5.91. The van der Waals surface area contributed by atoms with Gasteiger partial charge in [-0.3, -0.25) is 13.9 Å². The Morgan fingerprint density at radius 2 is 1.54 bits per heavy atom. The molecule has 3 aromatic rings. The Kier molecular flexibility index (Phi) is 10.4. The van der Waals surface area contributed by atoms with Crippen molar-refractivity contribution in [3.8, 4) is 0 Å². The van der Waals surface area contributed by atoms with Gasteiger partial charge in [-0.05, 0) is 56.2 Å². The third-order valence-corrected chi connectivity index (χ3v) is 8.26. The zero-order chi connectivity index (χ0) is 30.4. The van der Waals surface area contributed by atoms with Crippen LogP contribution in [0.15, 0.2) is 83.8 Å². The summed E-state index contributed by atoms with van der Waals surface area (Å²) in [7, 11) is -4.58. The molecule has 220 valence electrons. The Morgan fingerprint density at radius 3 is 2.07 bits per heavy atom. The molecule has 0 fully saturated rings. The van der Waals surface area contributed by atoms with Gasteiger partial charge in [-0.25, -0.2) is 8.42 Å². The van der Waals surface area contributed by atoms with Gasteiger partial charge in [0, 0.05) is 12.6 Å². The minimum atomic E-state index is -4.80. The highest BCUT2D eigenvalue weighted by atomic mass is 35.5. The Morgan fingerprint density at radius 1 is 0.951 bits per heavy atom. The molecule has 41 heavy (non-hydrogen) atoms. The normalized spacial score (nSPS) is 12.6. The second-order valence-electron chi connectivity index (χ2n) is 9.58. The van der Waals surface area contributed by atoms with Crippen molar-refractivity contribution in [2.24, 2.45) is 0 Å². The minimum absolute atomic E-state index is 0.0424. The first-order chi connectivity index (χ1) is 19.3. The molecule has 1 N–H and O–H groups in total. The second kappa shape index (κ2) is 13.4. The zero-order valence-electron chi connectivity index (χ0n) is 22.7. The lowest BCUT2D eigenvalue weighted by molar-refractivity contribution is -0.140. The minimum Gasteiger partial charge on any atom is -0.352 e. The zero-order valence-corrected chi connectivity index (χ0v) is 24.3. The molecule has 7 nitrogen and oxygen atoms in total. The van der Waals surface area contributed by atoms with Gasteiger partial charge in [-0.15, -0.1) is 0 Å². The number of anilines is 1. The van der Waals surface area contributed by atoms with Crippen LogP contribution in [-0.4, -0.2) is 43.8 Å². The highest BCUT2D eigenvalue weighted by Gasteiger charge is 2.37. The third-order valence-electron chi connectivity index (χ3n) is 6.16. The molecular weight excluding hydrogens is 579 g/mol. The molecule has 0 aliphatic rings. The van der Waals surface area contributed by atoms with Gasteiger partial charge in [0.05, 0.1) is 21.2 Å². The molecule has 0 unspecified atom stereocenters. The molecule has 0 aliphatic carbocycles. The lowest BCUT2D eigenvalue weighted by Crippen LogP contribution is -2.53. The molecule has 2 amide bonds. The average molecular weight is 610 g/mol. The van der Waals surface area contributed by atoms with E-state index >= 15 is 0 Å². The van der Waals surface area contributed by atoms with Gasteiger partial charge in [-0.1, -0.05) is 67.1 Å². The van der Waals surface area contributed by atoms with Crippen LogP contribution in [0.3, 0.4) is 0 Å². The summed E-state index contributed by atoms with van der Waals surface area (Å²) < 4.78 is 69.1. The van der Waals surface area contributed by atoms with Crippen LogP contribution in [-0.2, 0) is 32.3 Å². The maximum atomic E-state index is 14.0. The van der Waals surface area contributed by atoms with Crippen LogP contribution in [0.25, 0.3) is 0 Å². The molecule has 0 saturated heterocycles. The van der Waals surface area contributed by atoms with Crippen LogP contribution < -0.4 is 9.62 Å². The number of amides is 2. The van der Waals surface area contributed by atoms with Crippen molar-refractivity contribution in [2.75, 3.05) is 10.8 Å². The lowest BCUT2D eigenvalue weighted by atomic mass is 10.1. The van der Waals surface area contributed by atoms with E-state index in [1.807, 2.05) is 0 Å². The first-order valence-corrected chi connectivity index (χ1v) is 14.7. The Bertz CT molecular complexity index is 1450. The standard InChI is InChI=1S/C29H31ClF3N3O4S/c1-4-25(28(38)34-20(2)3)35(18-21-11-7-5-8-12-21)27(37)19-36(41(39,40)23-13-9-6-10-14-23)26-17-22(29(31,32)33)15-16-24(26)30/h5-17,20,25H,4,18-19H2,1-3H3,(H,34,38)/t25-/m0/s1. The Hall–Kier alpha value is -3.57. The number of sulfonamides is 1. The first-order valence-electron chi connectivity index (χ1n) is 12.8. The number of benzene rings is 3. The number of carbonyl (C=O) groups excluding carboxylic acids is 2. The van der Waals surface area contributed by atoms with E-state index in [0.29, 0.717) is 15.9 Å². The van der Waals surface area contributed by atoms with Crippen molar-refractivity contribution in [2.45, 2.75) is 56.9 Å². The van der Waals surface area contributed by atoms with Gasteiger partial charge in [0.25, 0.3) is 10.0 Å². The predicted molar refractivity (Wildman–Crippen MR) is 152 cm³/mol. The number of hydrogen-bond donors (Lipinski definition) is 1. The highest BCUT2D eigenvalue weighted by molar-refractivity contribution is 7.92. The van der Waals surface area contributed by atoms with E-state index in [1.165, 1.54) is 29.2 Å². The number of halogens is 4. The average Bonchev–Trinajstić information content (AvgIpc) is 2.92. The summed E-state index contributed by atoms with van der Waals surface area (Å²) >= 11 is 6.26. The number of alkyl halides is 3. The first kappa shape index (κ1) is 32.0. The van der Waals surface area contributed by atoms with Crippen molar-refractivity contribution in [1.82, 2.24) is 10.2 Å². The van der Waals surface area contributed by atoms with Gasteiger partial charge in [0.15, 0.2) is 0 Å². The van der Waals surface area contributed by atoms with Crippen molar-refractivity contribution >= 4 is 39.1 Å². The largest absolute Gasteiger partial charge is 0.416 e. The van der Waals surface area contributed by atoms with Crippen molar-refractivity contribution in [1.29, 1.82) is 0 Å². The Labute approximate surface area is 243 Å². The van der Waals surface area contributed by atoms with E-state index < -0.39 is 51.9 Å². The number of carbonyl (C=O) groups is 2. The molecule has 0 spiro atoms. The van der Waals surface area contributed by atoms with E-state index in [2.05, 4.69) is 5.32 Å². The van der Waals surface area contributed by atoms with Crippen molar-refractivity contribution < 1.29 is 31.2 Å². The summed E-state index contributed by atoms with van der Waals surface area (Å²) in [6, 6.07) is 16.8. The molecular formula is C29H31ClF3N3O4S. The summed E-state index contributed by atoms with van der Waals surface area (Å²) in [5.74, 6) is -1.24. The summed E-state index contributed by atoms with van der Waals surface area (Å²) in [5, 5.41) is 2.48. The quantitative estimate of drug-likeness (QED) is 0.294.